The Kier molecular flexibility index (Phi) is 7.56. The first-order valence-electron chi connectivity index (χ1n) is 16.8. The van der Waals surface area contributed by atoms with Gasteiger partial charge in [0.05, 0.1) is 42.7 Å². The Bertz CT molecular complexity index is 2570. The van der Waals surface area contributed by atoms with E-state index in [1.54, 1.807) is 0 Å². The summed E-state index contributed by atoms with van der Waals surface area (Å²) in [4.78, 5) is 4.59. The van der Waals surface area contributed by atoms with E-state index in [0.29, 0.717) is 11.1 Å². The van der Waals surface area contributed by atoms with Crippen molar-refractivity contribution in [1.29, 1.82) is 10.5 Å². The number of nitriles is 2. The Labute approximate surface area is 293 Å². The normalized spacial score (nSPS) is 11.5. The van der Waals surface area contributed by atoms with Crippen molar-refractivity contribution in [1.82, 2.24) is 0 Å². The molecule has 0 aromatic heterocycles. The van der Waals surface area contributed by atoms with Crippen molar-refractivity contribution in [3.8, 4) is 12.1 Å². The van der Waals surface area contributed by atoms with Crippen LogP contribution in [0.5, 0.6) is 0 Å². The summed E-state index contributed by atoms with van der Waals surface area (Å²) in [6.45, 7) is 7.11. The highest BCUT2D eigenvalue weighted by atomic mass is 28.3. The standard InChI is InChI=1S/C45H34N4Si/c1-50(2,3)39-23-21-38(22-24-39)49(37-19-11-32(30-47)12-20-37)43-28-16-34-13-25-40-42(27-15-33-14-26-41(43)45(34)44(33)40)48(35-7-5-4-6-8-35)36-17-9-31(29-46)10-18-36/h4-28H,1-3H3. The van der Waals surface area contributed by atoms with Crippen LogP contribution in [0.1, 0.15) is 11.1 Å². The molecule has 0 radical (unpaired) electrons. The van der Waals surface area contributed by atoms with Gasteiger partial charge in [-0.3, -0.25) is 0 Å². The zero-order chi connectivity index (χ0) is 34.4. The number of hydrogen-bond donors (Lipinski definition) is 0. The van der Waals surface area contributed by atoms with Crippen LogP contribution in [-0.2, 0) is 0 Å². The molecular weight excluding hydrogens is 625 g/mol. The number of hydrogen-bond acceptors (Lipinski definition) is 4. The SMILES string of the molecule is C[Si](C)(C)c1ccc(N(c2ccc(C#N)cc2)c2ccc3ccc4c(N(c5ccccc5)c5ccc(C#N)cc5)ccc5ccc2c3c54)cc1. The van der Waals surface area contributed by atoms with E-state index in [1.165, 1.54) is 26.7 Å². The van der Waals surface area contributed by atoms with Crippen molar-refractivity contribution >= 4 is 79.7 Å². The number of rotatable bonds is 7. The maximum Gasteiger partial charge on any atom is 0.0991 e. The second-order valence-corrected chi connectivity index (χ2v) is 18.8. The molecule has 8 rings (SSSR count). The highest BCUT2D eigenvalue weighted by Crippen LogP contribution is 2.47. The van der Waals surface area contributed by atoms with Gasteiger partial charge in [-0.2, -0.15) is 10.5 Å². The molecule has 0 unspecified atom stereocenters. The minimum Gasteiger partial charge on any atom is -0.310 e. The molecular formula is C45H34N4Si. The summed E-state index contributed by atoms with van der Waals surface area (Å²) in [5.74, 6) is 0. The van der Waals surface area contributed by atoms with Gasteiger partial charge in [-0.15, -0.1) is 0 Å². The smallest absolute Gasteiger partial charge is 0.0991 e. The third-order valence-corrected chi connectivity index (χ3v) is 11.7. The van der Waals surface area contributed by atoms with Gasteiger partial charge in [0.1, 0.15) is 0 Å². The first-order valence-corrected chi connectivity index (χ1v) is 20.3. The topological polar surface area (TPSA) is 54.1 Å². The van der Waals surface area contributed by atoms with Crippen LogP contribution in [0.25, 0.3) is 32.3 Å². The van der Waals surface area contributed by atoms with E-state index in [0.717, 1.165) is 44.9 Å². The number of nitrogens with zero attached hydrogens (tertiary/aromatic N) is 4. The molecule has 0 fully saturated rings. The van der Waals surface area contributed by atoms with Gasteiger partial charge in [-0.25, -0.2) is 0 Å². The first-order chi connectivity index (χ1) is 24.3. The summed E-state index contributed by atoms with van der Waals surface area (Å²) in [5, 5.41) is 27.5. The molecule has 0 N–H and O–H groups in total. The van der Waals surface area contributed by atoms with Crippen molar-refractivity contribution in [3.63, 3.8) is 0 Å². The summed E-state index contributed by atoms with van der Waals surface area (Å²) >= 11 is 0. The van der Waals surface area contributed by atoms with Crippen LogP contribution < -0.4 is 15.0 Å². The fraction of sp³-hybridized carbons (Fsp3) is 0.0667. The molecule has 0 amide bonds. The third kappa shape index (κ3) is 5.31. The van der Waals surface area contributed by atoms with Gasteiger partial charge in [0.25, 0.3) is 0 Å². The van der Waals surface area contributed by atoms with Gasteiger partial charge >= 0.3 is 0 Å². The van der Waals surface area contributed by atoms with E-state index in [9.17, 15) is 10.5 Å². The summed E-state index contributed by atoms with van der Waals surface area (Å²) in [5.41, 5.74) is 7.51. The summed E-state index contributed by atoms with van der Waals surface area (Å²) in [6.07, 6.45) is 0. The molecule has 8 aromatic rings. The maximum absolute atomic E-state index is 9.56. The van der Waals surface area contributed by atoms with E-state index in [1.807, 2.05) is 54.6 Å². The number of anilines is 6. The molecule has 0 aliphatic rings. The fourth-order valence-corrected chi connectivity index (χ4v) is 8.24. The molecule has 0 spiro atoms. The van der Waals surface area contributed by atoms with Gasteiger partial charge in [0, 0.05) is 33.5 Å². The maximum atomic E-state index is 9.56. The molecule has 0 aliphatic heterocycles. The van der Waals surface area contributed by atoms with E-state index >= 15 is 0 Å². The van der Waals surface area contributed by atoms with Crippen LogP contribution in [-0.4, -0.2) is 8.07 Å². The molecule has 0 aliphatic carbocycles. The number of benzene rings is 8. The zero-order valence-electron chi connectivity index (χ0n) is 28.2. The van der Waals surface area contributed by atoms with Crippen LogP contribution in [0, 0.1) is 22.7 Å². The molecule has 0 atom stereocenters. The van der Waals surface area contributed by atoms with E-state index in [2.05, 4.69) is 139 Å². The first kappa shape index (κ1) is 30.9. The summed E-state index contributed by atoms with van der Waals surface area (Å²) in [6, 6.07) is 57.4. The molecule has 5 heteroatoms. The van der Waals surface area contributed by atoms with E-state index in [4.69, 9.17) is 0 Å². The molecule has 0 heterocycles. The lowest BCUT2D eigenvalue weighted by molar-refractivity contribution is 1.29. The lowest BCUT2D eigenvalue weighted by Crippen LogP contribution is -2.37. The van der Waals surface area contributed by atoms with Crippen LogP contribution in [0.2, 0.25) is 19.6 Å². The summed E-state index contributed by atoms with van der Waals surface area (Å²) in [7, 11) is -1.49. The zero-order valence-corrected chi connectivity index (χ0v) is 29.2. The molecule has 0 saturated carbocycles. The average molecular weight is 659 g/mol. The average Bonchev–Trinajstić information content (AvgIpc) is 3.16. The van der Waals surface area contributed by atoms with Crippen LogP contribution in [0.4, 0.5) is 34.1 Å². The lowest BCUT2D eigenvalue weighted by atomic mass is 9.91. The van der Waals surface area contributed by atoms with Crippen molar-refractivity contribution < 1.29 is 0 Å². The van der Waals surface area contributed by atoms with Crippen molar-refractivity contribution in [2.45, 2.75) is 19.6 Å². The Morgan fingerprint density at radius 3 is 1.20 bits per heavy atom. The predicted molar refractivity (Wildman–Crippen MR) is 212 cm³/mol. The van der Waals surface area contributed by atoms with Gasteiger partial charge in [-0.1, -0.05) is 91.6 Å². The molecule has 0 saturated heterocycles. The Hall–Kier alpha value is -6.40. The summed E-state index contributed by atoms with van der Waals surface area (Å²) < 4.78 is 0. The Morgan fingerprint density at radius 1 is 0.420 bits per heavy atom. The predicted octanol–water partition coefficient (Wildman–Crippen LogP) is 11.8. The molecule has 0 bridgehead atoms. The lowest BCUT2D eigenvalue weighted by Gasteiger charge is -2.29. The van der Waals surface area contributed by atoms with Crippen LogP contribution in [0.3, 0.4) is 0 Å². The highest BCUT2D eigenvalue weighted by molar-refractivity contribution is 6.88. The van der Waals surface area contributed by atoms with E-state index in [-0.39, 0.29) is 0 Å². The van der Waals surface area contributed by atoms with Gasteiger partial charge in [0.2, 0.25) is 0 Å². The van der Waals surface area contributed by atoms with Crippen molar-refractivity contribution in [2.24, 2.45) is 0 Å². The second kappa shape index (κ2) is 12.2. The van der Waals surface area contributed by atoms with Crippen molar-refractivity contribution in [3.05, 3.63) is 163 Å². The Morgan fingerprint density at radius 2 is 0.800 bits per heavy atom. The minimum absolute atomic E-state index is 0.631. The van der Waals surface area contributed by atoms with Crippen molar-refractivity contribution in [2.75, 3.05) is 9.80 Å². The molecule has 8 aromatic carbocycles. The molecule has 4 nitrogen and oxygen atoms in total. The van der Waals surface area contributed by atoms with E-state index < -0.39 is 8.07 Å². The van der Waals surface area contributed by atoms with Gasteiger partial charge in [-0.05, 0) is 106 Å². The number of para-hydroxylation sites is 1. The molecule has 238 valence electrons. The van der Waals surface area contributed by atoms with Gasteiger partial charge in [0.15, 0.2) is 0 Å². The Balaban J connectivity index is 1.37. The second-order valence-electron chi connectivity index (χ2n) is 13.7. The monoisotopic (exact) mass is 658 g/mol. The van der Waals surface area contributed by atoms with Gasteiger partial charge < -0.3 is 9.80 Å². The van der Waals surface area contributed by atoms with Crippen LogP contribution >= 0.6 is 0 Å². The quantitative estimate of drug-likeness (QED) is 0.126. The minimum atomic E-state index is -1.49. The third-order valence-electron chi connectivity index (χ3n) is 9.62. The highest BCUT2D eigenvalue weighted by Gasteiger charge is 2.22. The van der Waals surface area contributed by atoms with Crippen LogP contribution in [0.15, 0.2) is 152 Å². The fourth-order valence-electron chi connectivity index (χ4n) is 7.07. The largest absolute Gasteiger partial charge is 0.310 e. The molecule has 50 heavy (non-hydrogen) atoms.